The minimum atomic E-state index is -0.516. The highest BCUT2D eigenvalue weighted by atomic mass is 16.6. The molecule has 3 fully saturated rings. The number of hydrogen-bond acceptors (Lipinski definition) is 6. The van der Waals surface area contributed by atoms with Crippen LogP contribution in [0.1, 0.15) is 94.5 Å². The lowest BCUT2D eigenvalue weighted by Gasteiger charge is -2.42. The van der Waals surface area contributed by atoms with Crippen molar-refractivity contribution in [2.45, 2.75) is 102 Å². The van der Waals surface area contributed by atoms with E-state index >= 15 is 0 Å². The molecule has 5 atom stereocenters. The highest BCUT2D eigenvalue weighted by Crippen LogP contribution is 2.49. The van der Waals surface area contributed by atoms with Gasteiger partial charge in [0, 0.05) is 24.4 Å². The quantitative estimate of drug-likeness (QED) is 0.500. The standard InChI is InChI=1S/C29H39NO6/c1-16(27(32)34-5)26(17-6-7-17)18-8-11-22-23(31)15-24(35-25(22)14-18)19-12-20-9-10-21(13-19)30(20)28(33)36-29(2,3)4/h8,11,14,16-17,19-21,24,26H,6-7,9-10,12-13,15H2,1-5H3/t16-,20-,21-,24-,26-/m0/s1. The van der Waals surface area contributed by atoms with Crippen molar-refractivity contribution in [2.75, 3.05) is 7.11 Å². The molecule has 0 radical (unpaired) electrons. The number of Topliss-reactive ketones (excluding diaryl/α,β-unsaturated/α-hetero) is 1. The van der Waals surface area contributed by atoms with Gasteiger partial charge in [-0.3, -0.25) is 9.59 Å². The summed E-state index contributed by atoms with van der Waals surface area (Å²) in [6, 6.07) is 6.12. The number of ketones is 1. The van der Waals surface area contributed by atoms with Crippen molar-refractivity contribution in [1.82, 2.24) is 4.90 Å². The summed E-state index contributed by atoms with van der Waals surface area (Å²) in [5.74, 6) is 1.04. The number of carbonyl (C=O) groups is 3. The van der Waals surface area contributed by atoms with E-state index in [0.717, 1.165) is 44.1 Å². The van der Waals surface area contributed by atoms with Crippen molar-refractivity contribution in [3.63, 3.8) is 0 Å². The number of piperidine rings is 1. The number of methoxy groups -OCH3 is 1. The first kappa shape index (κ1) is 25.1. The third-order valence-corrected chi connectivity index (χ3v) is 8.50. The summed E-state index contributed by atoms with van der Waals surface area (Å²) in [4.78, 5) is 40.2. The summed E-state index contributed by atoms with van der Waals surface area (Å²) in [7, 11) is 1.43. The molecule has 1 aliphatic carbocycles. The molecule has 7 nitrogen and oxygen atoms in total. The molecule has 0 unspecified atom stereocenters. The second-order valence-electron chi connectivity index (χ2n) is 12.2. The summed E-state index contributed by atoms with van der Waals surface area (Å²) in [5, 5.41) is 0. The van der Waals surface area contributed by atoms with Crippen LogP contribution in [0, 0.1) is 17.8 Å². The molecular formula is C29H39NO6. The van der Waals surface area contributed by atoms with Crippen molar-refractivity contribution in [3.8, 4) is 5.75 Å². The number of benzene rings is 1. The van der Waals surface area contributed by atoms with Crippen LogP contribution in [-0.2, 0) is 14.3 Å². The van der Waals surface area contributed by atoms with Crippen LogP contribution in [0.15, 0.2) is 18.2 Å². The molecule has 2 saturated heterocycles. The maximum atomic E-state index is 13.1. The molecule has 1 amide bonds. The first-order valence-corrected chi connectivity index (χ1v) is 13.5. The van der Waals surface area contributed by atoms with Gasteiger partial charge >= 0.3 is 12.1 Å². The lowest BCUT2D eigenvalue weighted by Crippen LogP contribution is -2.51. The Morgan fingerprint density at radius 1 is 1.08 bits per heavy atom. The molecule has 196 valence electrons. The second kappa shape index (κ2) is 9.38. The molecule has 36 heavy (non-hydrogen) atoms. The van der Waals surface area contributed by atoms with E-state index in [1.165, 1.54) is 7.11 Å². The maximum Gasteiger partial charge on any atom is 0.410 e. The maximum absolute atomic E-state index is 13.1. The van der Waals surface area contributed by atoms with Crippen LogP contribution in [0.3, 0.4) is 0 Å². The number of carbonyl (C=O) groups excluding carboxylic acids is 3. The Kier molecular flexibility index (Phi) is 6.54. The van der Waals surface area contributed by atoms with E-state index in [0.29, 0.717) is 23.7 Å². The van der Waals surface area contributed by atoms with E-state index in [4.69, 9.17) is 14.2 Å². The van der Waals surface area contributed by atoms with E-state index in [-0.39, 0.29) is 53.8 Å². The monoisotopic (exact) mass is 497 g/mol. The second-order valence-corrected chi connectivity index (χ2v) is 12.2. The summed E-state index contributed by atoms with van der Waals surface area (Å²) in [6.07, 6.45) is 5.74. The highest BCUT2D eigenvalue weighted by molar-refractivity contribution is 6.00. The topological polar surface area (TPSA) is 82.1 Å². The zero-order valence-electron chi connectivity index (χ0n) is 22.1. The normalized spacial score (nSPS) is 29.1. The fraction of sp³-hybridized carbons (Fsp3) is 0.690. The van der Waals surface area contributed by atoms with Gasteiger partial charge in [-0.1, -0.05) is 13.0 Å². The smallest absolute Gasteiger partial charge is 0.410 e. The zero-order valence-corrected chi connectivity index (χ0v) is 22.1. The van der Waals surface area contributed by atoms with Crippen molar-refractivity contribution in [3.05, 3.63) is 29.3 Å². The Balaban J connectivity index is 1.32. The number of hydrogen-bond donors (Lipinski definition) is 0. The lowest BCUT2D eigenvalue weighted by atomic mass is 9.80. The van der Waals surface area contributed by atoms with Crippen molar-refractivity contribution >= 4 is 17.8 Å². The van der Waals surface area contributed by atoms with Gasteiger partial charge in [0.15, 0.2) is 5.78 Å². The number of fused-ring (bicyclic) bond motifs is 3. The van der Waals surface area contributed by atoms with E-state index in [2.05, 4.69) is 0 Å². The van der Waals surface area contributed by atoms with E-state index < -0.39 is 5.60 Å². The van der Waals surface area contributed by atoms with E-state index in [1.807, 2.05) is 50.8 Å². The predicted molar refractivity (Wildman–Crippen MR) is 134 cm³/mol. The largest absolute Gasteiger partial charge is 0.489 e. The Hall–Kier alpha value is -2.57. The molecule has 1 saturated carbocycles. The van der Waals surface area contributed by atoms with Crippen LogP contribution in [0.25, 0.3) is 0 Å². The molecule has 7 heteroatoms. The molecule has 1 aromatic carbocycles. The van der Waals surface area contributed by atoms with Crippen molar-refractivity contribution in [1.29, 1.82) is 0 Å². The van der Waals surface area contributed by atoms with Crippen LogP contribution in [0.4, 0.5) is 4.79 Å². The van der Waals surface area contributed by atoms with Gasteiger partial charge in [0.25, 0.3) is 0 Å². The van der Waals surface area contributed by atoms with Gasteiger partial charge in [-0.25, -0.2) is 4.79 Å². The third-order valence-electron chi connectivity index (χ3n) is 8.50. The highest BCUT2D eigenvalue weighted by Gasteiger charge is 2.48. The summed E-state index contributed by atoms with van der Waals surface area (Å²) in [5.41, 5.74) is 1.16. The van der Waals surface area contributed by atoms with Gasteiger partial charge in [-0.15, -0.1) is 0 Å². The van der Waals surface area contributed by atoms with E-state index in [1.54, 1.807) is 0 Å². The van der Waals surface area contributed by atoms with E-state index in [9.17, 15) is 14.4 Å². The number of rotatable bonds is 5. The fourth-order valence-corrected chi connectivity index (χ4v) is 6.73. The Morgan fingerprint density at radius 2 is 1.75 bits per heavy atom. The minimum Gasteiger partial charge on any atom is -0.489 e. The van der Waals surface area contributed by atoms with Crippen molar-refractivity contribution in [2.24, 2.45) is 17.8 Å². The van der Waals surface area contributed by atoms with Crippen LogP contribution in [0.2, 0.25) is 0 Å². The Labute approximate surface area is 213 Å². The van der Waals surface area contributed by atoms with Crippen LogP contribution < -0.4 is 4.74 Å². The van der Waals surface area contributed by atoms with Crippen molar-refractivity contribution < 1.29 is 28.6 Å². The molecule has 1 aromatic rings. The number of amides is 1. The van der Waals surface area contributed by atoms with Gasteiger partial charge in [-0.2, -0.15) is 0 Å². The number of nitrogens with zero attached hydrogens (tertiary/aromatic N) is 1. The van der Waals surface area contributed by atoms with Crippen LogP contribution in [-0.4, -0.2) is 53.6 Å². The lowest BCUT2D eigenvalue weighted by molar-refractivity contribution is -0.145. The fourth-order valence-electron chi connectivity index (χ4n) is 6.73. The molecule has 0 spiro atoms. The van der Waals surface area contributed by atoms with Crippen LogP contribution in [0.5, 0.6) is 5.75 Å². The zero-order chi connectivity index (χ0) is 25.8. The molecule has 4 aliphatic rings. The first-order chi connectivity index (χ1) is 17.1. The van der Waals surface area contributed by atoms with Gasteiger partial charge in [0.05, 0.1) is 18.6 Å². The molecule has 3 aliphatic heterocycles. The molecule has 2 bridgehead atoms. The molecular weight excluding hydrogens is 458 g/mol. The Bertz CT molecular complexity index is 1030. The molecule has 0 N–H and O–H groups in total. The minimum absolute atomic E-state index is 0.0646. The number of ether oxygens (including phenoxy) is 3. The van der Waals surface area contributed by atoms with Gasteiger partial charge in [-0.05, 0) is 88.8 Å². The summed E-state index contributed by atoms with van der Waals surface area (Å²) < 4.78 is 17.2. The van der Waals surface area contributed by atoms with Gasteiger partial charge < -0.3 is 19.1 Å². The first-order valence-electron chi connectivity index (χ1n) is 13.5. The van der Waals surface area contributed by atoms with Gasteiger partial charge in [0.2, 0.25) is 0 Å². The summed E-state index contributed by atoms with van der Waals surface area (Å²) >= 11 is 0. The SMILES string of the molecule is COC(=O)[C@@H](C)[C@H](c1ccc2c(c1)O[C@H](C1C[C@@H]3CC[C@@H](C1)N3C(=O)OC(C)(C)C)CC2=O)C1CC1. The van der Waals surface area contributed by atoms with Crippen LogP contribution >= 0.6 is 0 Å². The average Bonchev–Trinajstić information content (AvgIpc) is 3.61. The Morgan fingerprint density at radius 3 is 2.33 bits per heavy atom. The predicted octanol–water partition coefficient (Wildman–Crippen LogP) is 5.50. The summed E-state index contributed by atoms with van der Waals surface area (Å²) in [6.45, 7) is 7.61. The number of esters is 1. The van der Waals surface area contributed by atoms with Gasteiger partial charge in [0.1, 0.15) is 17.5 Å². The molecule has 5 rings (SSSR count). The molecule has 0 aromatic heterocycles. The molecule has 3 heterocycles. The third kappa shape index (κ3) is 4.85. The average molecular weight is 498 g/mol.